The number of hydrogen-bond donors (Lipinski definition) is 1. The van der Waals surface area contributed by atoms with Crippen LogP contribution in [0.4, 0.5) is 13.8 Å². The van der Waals surface area contributed by atoms with Crippen LogP contribution in [-0.4, -0.2) is 18.9 Å². The standard InChI is InChI=1S/C16H13F2NO3S/c1-22-16(21)8-4-11-12(5-8)23-15(19)13(11)14(20)7-2-9(17)6-10(18)3-7/h2-3,6,8H,4-5,19H2,1H3. The Kier molecular flexibility index (Phi) is 3.89. The number of anilines is 1. The maximum atomic E-state index is 13.3. The molecule has 1 atom stereocenters. The molecular weight excluding hydrogens is 324 g/mol. The molecule has 2 aromatic rings. The molecule has 0 radical (unpaired) electrons. The van der Waals surface area contributed by atoms with Crippen molar-refractivity contribution in [1.29, 1.82) is 0 Å². The zero-order valence-corrected chi connectivity index (χ0v) is 13.0. The highest BCUT2D eigenvalue weighted by atomic mass is 32.1. The smallest absolute Gasteiger partial charge is 0.309 e. The lowest BCUT2D eigenvalue weighted by molar-refractivity contribution is -0.145. The van der Waals surface area contributed by atoms with Crippen molar-refractivity contribution >= 4 is 28.1 Å². The Hall–Kier alpha value is -2.28. The average Bonchev–Trinajstić information content (AvgIpc) is 3.01. The number of methoxy groups -OCH3 is 1. The van der Waals surface area contributed by atoms with Gasteiger partial charge >= 0.3 is 5.97 Å². The first-order chi connectivity index (χ1) is 10.9. The summed E-state index contributed by atoms with van der Waals surface area (Å²) in [5.74, 6) is -2.89. The number of halogens is 2. The molecule has 0 bridgehead atoms. The van der Waals surface area contributed by atoms with Crippen molar-refractivity contribution in [3.05, 3.63) is 51.4 Å². The van der Waals surface area contributed by atoms with Crippen LogP contribution in [-0.2, 0) is 22.4 Å². The summed E-state index contributed by atoms with van der Waals surface area (Å²) in [4.78, 5) is 25.1. The van der Waals surface area contributed by atoms with E-state index in [1.54, 1.807) is 0 Å². The summed E-state index contributed by atoms with van der Waals surface area (Å²) in [6, 6.07) is 2.65. The molecule has 3 rings (SSSR count). The Morgan fingerprint density at radius 2 is 1.87 bits per heavy atom. The molecule has 23 heavy (non-hydrogen) atoms. The molecule has 1 unspecified atom stereocenters. The van der Waals surface area contributed by atoms with Crippen molar-refractivity contribution in [3.8, 4) is 0 Å². The minimum atomic E-state index is -0.828. The number of benzene rings is 1. The van der Waals surface area contributed by atoms with Gasteiger partial charge in [0.25, 0.3) is 0 Å². The number of nitrogens with two attached hydrogens (primary N) is 1. The predicted molar refractivity (Wildman–Crippen MR) is 81.4 cm³/mol. The summed E-state index contributed by atoms with van der Waals surface area (Å²) in [5, 5.41) is 0.299. The van der Waals surface area contributed by atoms with Gasteiger partial charge < -0.3 is 10.5 Å². The number of rotatable bonds is 3. The normalized spacial score (nSPS) is 16.2. The van der Waals surface area contributed by atoms with Gasteiger partial charge in [-0.3, -0.25) is 9.59 Å². The first-order valence-corrected chi connectivity index (χ1v) is 7.71. The lowest BCUT2D eigenvalue weighted by Crippen LogP contribution is -2.17. The van der Waals surface area contributed by atoms with E-state index in [2.05, 4.69) is 0 Å². The van der Waals surface area contributed by atoms with E-state index in [0.717, 1.165) is 17.0 Å². The van der Waals surface area contributed by atoms with E-state index in [4.69, 9.17) is 10.5 Å². The number of carbonyl (C=O) groups is 2. The van der Waals surface area contributed by atoms with Gasteiger partial charge in [-0.2, -0.15) is 0 Å². The summed E-state index contributed by atoms with van der Waals surface area (Å²) < 4.78 is 31.4. The number of nitrogen functional groups attached to an aromatic ring is 1. The number of ether oxygens (including phenoxy) is 1. The van der Waals surface area contributed by atoms with Gasteiger partial charge in [-0.1, -0.05) is 0 Å². The van der Waals surface area contributed by atoms with E-state index >= 15 is 0 Å². The Labute approximate surface area is 134 Å². The third-order valence-corrected chi connectivity index (χ3v) is 4.97. The number of hydrogen-bond acceptors (Lipinski definition) is 5. The van der Waals surface area contributed by atoms with E-state index < -0.39 is 17.4 Å². The lowest BCUT2D eigenvalue weighted by Gasteiger charge is -2.08. The summed E-state index contributed by atoms with van der Waals surface area (Å²) in [6.45, 7) is 0. The molecule has 1 aromatic carbocycles. The average molecular weight is 337 g/mol. The summed E-state index contributed by atoms with van der Waals surface area (Å²) in [7, 11) is 1.31. The fourth-order valence-corrected chi connectivity index (χ4v) is 4.04. The van der Waals surface area contributed by atoms with Crippen molar-refractivity contribution in [2.45, 2.75) is 12.8 Å². The van der Waals surface area contributed by atoms with Crippen molar-refractivity contribution in [3.63, 3.8) is 0 Å². The van der Waals surface area contributed by atoms with Crippen LogP contribution < -0.4 is 5.73 Å². The van der Waals surface area contributed by atoms with Gasteiger partial charge in [-0.25, -0.2) is 8.78 Å². The SMILES string of the molecule is COC(=O)C1Cc2sc(N)c(C(=O)c3cc(F)cc(F)c3)c2C1. The monoisotopic (exact) mass is 337 g/mol. The van der Waals surface area contributed by atoms with E-state index in [0.29, 0.717) is 29.5 Å². The molecule has 1 heterocycles. The number of esters is 1. The third-order valence-electron chi connectivity index (χ3n) is 3.89. The summed E-state index contributed by atoms with van der Waals surface area (Å²) in [6.07, 6.45) is 0.802. The van der Waals surface area contributed by atoms with Crippen molar-refractivity contribution in [2.75, 3.05) is 12.8 Å². The first-order valence-electron chi connectivity index (χ1n) is 6.89. The molecule has 0 saturated carbocycles. The highest BCUT2D eigenvalue weighted by Crippen LogP contribution is 2.41. The molecule has 1 aliphatic carbocycles. The van der Waals surface area contributed by atoms with Crippen LogP contribution in [0.15, 0.2) is 18.2 Å². The van der Waals surface area contributed by atoms with Crippen molar-refractivity contribution < 1.29 is 23.1 Å². The second-order valence-electron chi connectivity index (χ2n) is 5.36. The predicted octanol–water partition coefficient (Wildman–Crippen LogP) is 2.73. The maximum absolute atomic E-state index is 13.3. The van der Waals surface area contributed by atoms with E-state index in [1.807, 2.05) is 0 Å². The quantitative estimate of drug-likeness (QED) is 0.691. The van der Waals surface area contributed by atoms with Gasteiger partial charge in [0.1, 0.15) is 11.6 Å². The van der Waals surface area contributed by atoms with Crippen LogP contribution in [0, 0.1) is 17.6 Å². The van der Waals surface area contributed by atoms with Gasteiger partial charge in [0.15, 0.2) is 5.78 Å². The Morgan fingerprint density at radius 1 is 1.22 bits per heavy atom. The van der Waals surface area contributed by atoms with Crippen LogP contribution in [0.1, 0.15) is 26.4 Å². The molecule has 4 nitrogen and oxygen atoms in total. The van der Waals surface area contributed by atoms with E-state index in [9.17, 15) is 18.4 Å². The molecule has 2 N–H and O–H groups in total. The van der Waals surface area contributed by atoms with Crippen molar-refractivity contribution in [1.82, 2.24) is 0 Å². The van der Waals surface area contributed by atoms with Gasteiger partial charge in [0.2, 0.25) is 0 Å². The third kappa shape index (κ3) is 2.72. The van der Waals surface area contributed by atoms with Gasteiger partial charge in [0.05, 0.1) is 23.6 Å². The fraction of sp³-hybridized carbons (Fsp3) is 0.250. The molecule has 120 valence electrons. The molecule has 0 aliphatic heterocycles. The lowest BCUT2D eigenvalue weighted by atomic mass is 9.98. The van der Waals surface area contributed by atoms with Gasteiger partial charge in [-0.05, 0) is 30.5 Å². The molecule has 0 spiro atoms. The molecule has 0 amide bonds. The van der Waals surface area contributed by atoms with Crippen LogP contribution >= 0.6 is 11.3 Å². The van der Waals surface area contributed by atoms with Crippen LogP contribution in [0.3, 0.4) is 0 Å². The molecule has 0 saturated heterocycles. The second kappa shape index (κ2) is 5.73. The van der Waals surface area contributed by atoms with E-state index in [-0.39, 0.29) is 23.0 Å². The zero-order valence-electron chi connectivity index (χ0n) is 12.2. The molecular formula is C16H13F2NO3S. The number of fused-ring (bicyclic) bond motifs is 1. The Balaban J connectivity index is 1.99. The minimum Gasteiger partial charge on any atom is -0.469 e. The van der Waals surface area contributed by atoms with E-state index in [1.165, 1.54) is 18.4 Å². The molecule has 1 aromatic heterocycles. The summed E-state index contributed by atoms with van der Waals surface area (Å²) in [5.41, 5.74) is 6.73. The molecule has 1 aliphatic rings. The van der Waals surface area contributed by atoms with Gasteiger partial charge in [-0.15, -0.1) is 11.3 Å². The summed E-state index contributed by atoms with van der Waals surface area (Å²) >= 11 is 1.23. The number of thiophene rings is 1. The topological polar surface area (TPSA) is 69.4 Å². The van der Waals surface area contributed by atoms with Crippen molar-refractivity contribution in [2.24, 2.45) is 5.92 Å². The number of carbonyl (C=O) groups excluding carboxylic acids is 2. The van der Waals surface area contributed by atoms with Crippen LogP contribution in [0.2, 0.25) is 0 Å². The Morgan fingerprint density at radius 3 is 2.48 bits per heavy atom. The fourth-order valence-electron chi connectivity index (χ4n) is 2.87. The largest absolute Gasteiger partial charge is 0.469 e. The molecule has 7 heteroatoms. The highest BCUT2D eigenvalue weighted by Gasteiger charge is 2.35. The second-order valence-corrected chi connectivity index (χ2v) is 6.50. The minimum absolute atomic E-state index is 0.101. The Bertz CT molecular complexity index is 796. The van der Waals surface area contributed by atoms with Crippen LogP contribution in [0.25, 0.3) is 0 Å². The van der Waals surface area contributed by atoms with Crippen LogP contribution in [0.5, 0.6) is 0 Å². The maximum Gasteiger partial charge on any atom is 0.309 e. The number of ketones is 1. The molecule has 0 fully saturated rings. The first kappa shape index (κ1) is 15.6. The highest BCUT2D eigenvalue weighted by molar-refractivity contribution is 7.16. The zero-order chi connectivity index (χ0) is 16.7. The van der Waals surface area contributed by atoms with Gasteiger partial charge in [0, 0.05) is 16.5 Å².